The third-order valence-corrected chi connectivity index (χ3v) is 6.99. The van der Waals surface area contributed by atoms with E-state index >= 15 is 0 Å². The van der Waals surface area contributed by atoms with Crippen molar-refractivity contribution in [3.05, 3.63) is 48.0 Å². The van der Waals surface area contributed by atoms with Crippen LogP contribution in [0.4, 0.5) is 0 Å². The van der Waals surface area contributed by atoms with Crippen molar-refractivity contribution in [2.24, 2.45) is 0 Å². The molecule has 0 spiro atoms. The Morgan fingerprint density at radius 3 is 2.56 bits per heavy atom. The van der Waals surface area contributed by atoms with E-state index in [1.165, 1.54) is 55.2 Å². The number of hydrogen-bond acceptors (Lipinski definition) is 4. The molecule has 0 aliphatic carbocycles. The first-order chi connectivity index (χ1) is 15.5. The minimum Gasteiger partial charge on any atom is -0.353 e. The topological polar surface area (TPSA) is 47.6 Å². The number of likely N-dealkylation sites (tertiary alicyclic amines) is 2. The van der Waals surface area contributed by atoms with Gasteiger partial charge in [-0.05, 0) is 75.5 Å². The third kappa shape index (κ3) is 5.69. The molecule has 0 radical (unpaired) electrons. The molecule has 0 unspecified atom stereocenters. The van der Waals surface area contributed by atoms with Gasteiger partial charge < -0.3 is 15.5 Å². The van der Waals surface area contributed by atoms with Crippen LogP contribution in [-0.4, -0.2) is 66.1 Å². The molecule has 5 heteroatoms. The lowest BCUT2D eigenvalue weighted by atomic mass is 10.0. The van der Waals surface area contributed by atoms with Gasteiger partial charge in [0.1, 0.15) is 0 Å². The lowest BCUT2D eigenvalue weighted by Gasteiger charge is -2.33. The largest absolute Gasteiger partial charge is 0.353 e. The standard InChI is InChI=1S/C27H40N4O/c1-4-14-30-15-12-23(13-16-30)29-24-17-26(27(32)28-20(2)3)31(19-24)18-22-10-7-9-21-8-5-6-11-25(21)22/h5-11,20,23-24,26,29H,4,12-19H2,1-3H3,(H,28,32)/t24-,26+/m1/s1. The summed E-state index contributed by atoms with van der Waals surface area (Å²) in [6.45, 7) is 11.7. The third-order valence-electron chi connectivity index (χ3n) is 6.99. The molecule has 2 fully saturated rings. The lowest BCUT2D eigenvalue weighted by Crippen LogP contribution is -2.47. The first-order valence-corrected chi connectivity index (χ1v) is 12.5. The summed E-state index contributed by atoms with van der Waals surface area (Å²) in [6.07, 6.45) is 4.54. The second-order valence-electron chi connectivity index (χ2n) is 9.96. The molecular formula is C27H40N4O. The van der Waals surface area contributed by atoms with Crippen LogP contribution in [0.3, 0.4) is 0 Å². The van der Waals surface area contributed by atoms with E-state index in [-0.39, 0.29) is 18.0 Å². The number of nitrogens with zero attached hydrogens (tertiary/aromatic N) is 2. The van der Waals surface area contributed by atoms with Gasteiger partial charge in [0.2, 0.25) is 5.91 Å². The van der Waals surface area contributed by atoms with E-state index in [1.54, 1.807) is 0 Å². The van der Waals surface area contributed by atoms with Crippen molar-refractivity contribution in [1.82, 2.24) is 20.4 Å². The highest BCUT2D eigenvalue weighted by Gasteiger charge is 2.38. The molecule has 32 heavy (non-hydrogen) atoms. The SMILES string of the molecule is CCCN1CCC(N[C@@H]2C[C@@H](C(=O)NC(C)C)N(Cc3cccc4ccccc34)C2)CC1. The Morgan fingerprint density at radius 1 is 1.06 bits per heavy atom. The van der Waals surface area contributed by atoms with Crippen molar-refractivity contribution in [2.75, 3.05) is 26.2 Å². The Labute approximate surface area is 193 Å². The van der Waals surface area contributed by atoms with E-state index in [9.17, 15) is 4.79 Å². The maximum absolute atomic E-state index is 13.1. The zero-order chi connectivity index (χ0) is 22.5. The molecule has 2 aliphatic rings. The number of hydrogen-bond donors (Lipinski definition) is 2. The van der Waals surface area contributed by atoms with E-state index < -0.39 is 0 Å². The number of rotatable bonds is 8. The number of piperidine rings is 1. The minimum absolute atomic E-state index is 0.0750. The number of benzene rings is 2. The minimum atomic E-state index is -0.0750. The highest BCUT2D eigenvalue weighted by atomic mass is 16.2. The molecule has 2 N–H and O–H groups in total. The van der Waals surface area contributed by atoms with Gasteiger partial charge >= 0.3 is 0 Å². The summed E-state index contributed by atoms with van der Waals surface area (Å²) in [5, 5.41) is 9.64. The van der Waals surface area contributed by atoms with Crippen molar-refractivity contribution < 1.29 is 4.79 Å². The van der Waals surface area contributed by atoms with Crippen LogP contribution >= 0.6 is 0 Å². The van der Waals surface area contributed by atoms with Gasteiger partial charge in [-0.25, -0.2) is 0 Å². The van der Waals surface area contributed by atoms with E-state index in [4.69, 9.17) is 0 Å². The summed E-state index contributed by atoms with van der Waals surface area (Å²) < 4.78 is 0. The van der Waals surface area contributed by atoms with Gasteiger partial charge in [-0.1, -0.05) is 49.4 Å². The Balaban J connectivity index is 1.45. The molecule has 0 saturated carbocycles. The van der Waals surface area contributed by atoms with Crippen LogP contribution in [-0.2, 0) is 11.3 Å². The van der Waals surface area contributed by atoms with E-state index in [0.717, 1.165) is 19.5 Å². The fraction of sp³-hybridized carbons (Fsp3) is 0.593. The van der Waals surface area contributed by atoms with Gasteiger partial charge in [0, 0.05) is 31.2 Å². The van der Waals surface area contributed by atoms with Crippen LogP contribution in [0.2, 0.25) is 0 Å². The fourth-order valence-electron chi connectivity index (χ4n) is 5.47. The molecule has 0 bridgehead atoms. The zero-order valence-electron chi connectivity index (χ0n) is 20.0. The van der Waals surface area contributed by atoms with Crippen LogP contribution in [0.5, 0.6) is 0 Å². The predicted octanol–water partition coefficient (Wildman–Crippen LogP) is 3.77. The molecule has 2 atom stereocenters. The molecule has 0 aromatic heterocycles. The molecule has 1 amide bonds. The van der Waals surface area contributed by atoms with E-state index in [2.05, 4.69) is 69.8 Å². The summed E-state index contributed by atoms with van der Waals surface area (Å²) in [7, 11) is 0. The van der Waals surface area contributed by atoms with Gasteiger partial charge in [-0.3, -0.25) is 9.69 Å². The van der Waals surface area contributed by atoms with E-state index in [0.29, 0.717) is 12.1 Å². The smallest absolute Gasteiger partial charge is 0.237 e. The molecule has 2 aromatic carbocycles. The highest BCUT2D eigenvalue weighted by Crippen LogP contribution is 2.26. The Morgan fingerprint density at radius 2 is 1.81 bits per heavy atom. The normalized spacial score (nSPS) is 23.2. The molecule has 2 aliphatic heterocycles. The van der Waals surface area contributed by atoms with Crippen molar-refractivity contribution in [1.29, 1.82) is 0 Å². The van der Waals surface area contributed by atoms with Crippen molar-refractivity contribution in [2.45, 2.75) is 77.2 Å². The van der Waals surface area contributed by atoms with Crippen LogP contribution < -0.4 is 10.6 Å². The Kier molecular flexibility index (Phi) is 7.82. The summed E-state index contributed by atoms with van der Waals surface area (Å²) in [6, 6.07) is 16.1. The van der Waals surface area contributed by atoms with E-state index in [1.807, 2.05) is 13.8 Å². The van der Waals surface area contributed by atoms with Crippen molar-refractivity contribution >= 4 is 16.7 Å². The maximum Gasteiger partial charge on any atom is 0.237 e. The second kappa shape index (κ2) is 10.8. The van der Waals surface area contributed by atoms with Gasteiger partial charge in [0.15, 0.2) is 0 Å². The predicted molar refractivity (Wildman–Crippen MR) is 133 cm³/mol. The first-order valence-electron chi connectivity index (χ1n) is 12.5. The van der Waals surface area contributed by atoms with Crippen LogP contribution in [0, 0.1) is 0 Å². The van der Waals surface area contributed by atoms with Crippen molar-refractivity contribution in [3.63, 3.8) is 0 Å². The average Bonchev–Trinajstić information content (AvgIpc) is 3.17. The molecule has 174 valence electrons. The number of carbonyl (C=O) groups is 1. The number of fused-ring (bicyclic) bond motifs is 1. The Hall–Kier alpha value is -1.95. The summed E-state index contributed by atoms with van der Waals surface area (Å²) >= 11 is 0. The molecular weight excluding hydrogens is 396 g/mol. The number of nitrogens with one attached hydrogen (secondary N) is 2. The van der Waals surface area contributed by atoms with Crippen LogP contribution in [0.1, 0.15) is 52.0 Å². The summed E-state index contributed by atoms with van der Waals surface area (Å²) in [5.74, 6) is 0.169. The molecule has 2 aromatic rings. The molecule has 5 nitrogen and oxygen atoms in total. The quantitative estimate of drug-likeness (QED) is 0.661. The number of carbonyl (C=O) groups excluding carboxylic acids is 1. The fourth-order valence-corrected chi connectivity index (χ4v) is 5.47. The lowest BCUT2D eigenvalue weighted by molar-refractivity contribution is -0.126. The monoisotopic (exact) mass is 436 g/mol. The van der Waals surface area contributed by atoms with Gasteiger partial charge in [-0.15, -0.1) is 0 Å². The van der Waals surface area contributed by atoms with Gasteiger partial charge in [0.05, 0.1) is 6.04 Å². The molecule has 2 saturated heterocycles. The zero-order valence-corrected chi connectivity index (χ0v) is 20.0. The van der Waals surface area contributed by atoms with Crippen molar-refractivity contribution in [3.8, 4) is 0 Å². The summed E-state index contributed by atoms with van der Waals surface area (Å²) in [4.78, 5) is 18.1. The maximum atomic E-state index is 13.1. The van der Waals surface area contributed by atoms with Crippen LogP contribution in [0.15, 0.2) is 42.5 Å². The van der Waals surface area contributed by atoms with Gasteiger partial charge in [0.25, 0.3) is 0 Å². The van der Waals surface area contributed by atoms with Crippen LogP contribution in [0.25, 0.3) is 10.8 Å². The number of amides is 1. The average molecular weight is 437 g/mol. The highest BCUT2D eigenvalue weighted by molar-refractivity contribution is 5.86. The second-order valence-corrected chi connectivity index (χ2v) is 9.96. The first kappa shape index (κ1) is 23.2. The summed E-state index contributed by atoms with van der Waals surface area (Å²) in [5.41, 5.74) is 1.30. The molecule has 2 heterocycles. The molecule has 4 rings (SSSR count). The van der Waals surface area contributed by atoms with Gasteiger partial charge in [-0.2, -0.15) is 0 Å². The Bertz CT molecular complexity index is 885.